The van der Waals surface area contributed by atoms with Crippen LogP contribution >= 0.6 is 0 Å². The summed E-state index contributed by atoms with van der Waals surface area (Å²) in [6.07, 6.45) is 9.54. The number of ketones is 1. The van der Waals surface area contributed by atoms with Crippen molar-refractivity contribution in [3.63, 3.8) is 0 Å². The molecule has 21 heavy (non-hydrogen) atoms. The van der Waals surface area contributed by atoms with Crippen LogP contribution in [-0.2, 0) is 4.79 Å². The van der Waals surface area contributed by atoms with Gasteiger partial charge in [0.1, 0.15) is 0 Å². The molecule has 0 heterocycles. The SMILES string of the molecule is CC1CC2=CC(=O)CCC2[C@H]2CC[C@]3(C)[C@@H](O)CC[C@H]3[C@H]12. The van der Waals surface area contributed by atoms with Crippen LogP contribution in [0.5, 0.6) is 0 Å². The fraction of sp³-hybridized carbons (Fsp3) is 0.842. The minimum absolute atomic E-state index is 0.0828. The van der Waals surface area contributed by atoms with Crippen molar-refractivity contribution in [3.05, 3.63) is 11.6 Å². The Kier molecular flexibility index (Phi) is 3.12. The van der Waals surface area contributed by atoms with Gasteiger partial charge in [-0.3, -0.25) is 4.79 Å². The third kappa shape index (κ3) is 1.91. The van der Waals surface area contributed by atoms with E-state index in [2.05, 4.69) is 13.8 Å². The molecule has 0 bridgehead atoms. The molecule has 2 nitrogen and oxygen atoms in total. The third-order valence-corrected chi connectivity index (χ3v) is 7.59. The second-order valence-electron chi connectivity index (χ2n) is 8.50. The Hall–Kier alpha value is -0.630. The van der Waals surface area contributed by atoms with Gasteiger partial charge in [-0.1, -0.05) is 19.4 Å². The smallest absolute Gasteiger partial charge is 0.155 e. The van der Waals surface area contributed by atoms with Gasteiger partial charge in [0.15, 0.2) is 5.78 Å². The number of rotatable bonds is 0. The molecular formula is C19H28O2. The van der Waals surface area contributed by atoms with E-state index in [0.29, 0.717) is 23.5 Å². The van der Waals surface area contributed by atoms with E-state index in [1.165, 1.54) is 24.8 Å². The monoisotopic (exact) mass is 288 g/mol. The molecular weight excluding hydrogens is 260 g/mol. The molecule has 0 radical (unpaired) electrons. The van der Waals surface area contributed by atoms with E-state index in [1.807, 2.05) is 6.08 Å². The van der Waals surface area contributed by atoms with Crippen LogP contribution < -0.4 is 0 Å². The molecule has 0 amide bonds. The number of aliphatic hydroxyl groups is 1. The molecule has 3 saturated carbocycles. The molecule has 4 rings (SSSR count). The maximum absolute atomic E-state index is 11.8. The highest BCUT2D eigenvalue weighted by Gasteiger charge is 2.57. The van der Waals surface area contributed by atoms with Crippen LogP contribution in [0.15, 0.2) is 11.6 Å². The zero-order valence-electron chi connectivity index (χ0n) is 13.3. The number of carbonyl (C=O) groups excluding carboxylic acids is 1. The topological polar surface area (TPSA) is 37.3 Å². The summed E-state index contributed by atoms with van der Waals surface area (Å²) >= 11 is 0. The second-order valence-corrected chi connectivity index (χ2v) is 8.50. The highest BCUT2D eigenvalue weighted by atomic mass is 16.3. The van der Waals surface area contributed by atoms with E-state index >= 15 is 0 Å². The van der Waals surface area contributed by atoms with Crippen molar-refractivity contribution in [3.8, 4) is 0 Å². The van der Waals surface area contributed by atoms with E-state index in [0.717, 1.165) is 37.5 Å². The number of carbonyl (C=O) groups is 1. The van der Waals surface area contributed by atoms with Crippen molar-refractivity contribution < 1.29 is 9.90 Å². The van der Waals surface area contributed by atoms with Crippen molar-refractivity contribution >= 4 is 5.78 Å². The van der Waals surface area contributed by atoms with Gasteiger partial charge in [-0.25, -0.2) is 0 Å². The lowest BCUT2D eigenvalue weighted by molar-refractivity contribution is -0.116. The highest BCUT2D eigenvalue weighted by molar-refractivity contribution is 5.91. The van der Waals surface area contributed by atoms with Crippen molar-refractivity contribution in [1.82, 2.24) is 0 Å². The van der Waals surface area contributed by atoms with Crippen LogP contribution in [-0.4, -0.2) is 17.0 Å². The van der Waals surface area contributed by atoms with E-state index in [1.54, 1.807) is 0 Å². The number of fused-ring (bicyclic) bond motifs is 5. The van der Waals surface area contributed by atoms with E-state index in [4.69, 9.17) is 0 Å². The number of aliphatic hydroxyl groups excluding tert-OH is 1. The molecule has 0 aromatic rings. The first-order chi connectivity index (χ1) is 10.0. The Labute approximate surface area is 128 Å². The maximum atomic E-state index is 11.8. The average molecular weight is 288 g/mol. The molecule has 0 aliphatic heterocycles. The number of hydrogen-bond acceptors (Lipinski definition) is 2. The molecule has 2 unspecified atom stereocenters. The molecule has 3 fully saturated rings. The predicted molar refractivity (Wildman–Crippen MR) is 82.6 cm³/mol. The fourth-order valence-electron chi connectivity index (χ4n) is 6.56. The fourth-order valence-corrected chi connectivity index (χ4v) is 6.56. The summed E-state index contributed by atoms with van der Waals surface area (Å²) in [4.78, 5) is 11.8. The lowest BCUT2D eigenvalue weighted by atomic mass is 9.49. The van der Waals surface area contributed by atoms with Gasteiger partial charge >= 0.3 is 0 Å². The van der Waals surface area contributed by atoms with Gasteiger partial charge < -0.3 is 5.11 Å². The van der Waals surface area contributed by atoms with E-state index in [9.17, 15) is 9.90 Å². The Balaban J connectivity index is 1.68. The quantitative estimate of drug-likeness (QED) is 0.737. The van der Waals surface area contributed by atoms with Crippen molar-refractivity contribution in [2.24, 2.45) is 35.0 Å². The molecule has 0 aromatic carbocycles. The van der Waals surface area contributed by atoms with Crippen molar-refractivity contribution in [1.29, 1.82) is 0 Å². The van der Waals surface area contributed by atoms with Gasteiger partial charge in [0, 0.05) is 6.42 Å². The minimum atomic E-state index is -0.0828. The maximum Gasteiger partial charge on any atom is 0.155 e. The average Bonchev–Trinajstić information content (AvgIpc) is 2.74. The van der Waals surface area contributed by atoms with Crippen LogP contribution in [0.25, 0.3) is 0 Å². The zero-order chi connectivity index (χ0) is 14.8. The molecule has 0 spiro atoms. The number of hydrogen-bond donors (Lipinski definition) is 1. The van der Waals surface area contributed by atoms with Gasteiger partial charge in [0.2, 0.25) is 0 Å². The van der Waals surface area contributed by atoms with Crippen LogP contribution in [0.2, 0.25) is 0 Å². The summed E-state index contributed by atoms with van der Waals surface area (Å²) in [7, 11) is 0. The Bertz CT molecular complexity index is 494. The largest absolute Gasteiger partial charge is 0.393 e. The molecule has 4 aliphatic rings. The van der Waals surface area contributed by atoms with Crippen molar-refractivity contribution in [2.45, 2.75) is 64.9 Å². The first-order valence-corrected chi connectivity index (χ1v) is 8.92. The third-order valence-electron chi connectivity index (χ3n) is 7.59. The minimum Gasteiger partial charge on any atom is -0.393 e. The summed E-state index contributed by atoms with van der Waals surface area (Å²) in [5.74, 6) is 3.96. The molecule has 4 aliphatic carbocycles. The van der Waals surface area contributed by atoms with Crippen LogP contribution in [0, 0.1) is 35.0 Å². The zero-order valence-corrected chi connectivity index (χ0v) is 13.3. The second kappa shape index (κ2) is 4.68. The van der Waals surface area contributed by atoms with Crippen LogP contribution in [0.4, 0.5) is 0 Å². The van der Waals surface area contributed by atoms with Crippen molar-refractivity contribution in [2.75, 3.05) is 0 Å². The molecule has 2 heteroatoms. The van der Waals surface area contributed by atoms with Crippen LogP contribution in [0.1, 0.15) is 58.8 Å². The summed E-state index contributed by atoms with van der Waals surface area (Å²) in [6, 6.07) is 0. The highest BCUT2D eigenvalue weighted by Crippen LogP contribution is 2.62. The van der Waals surface area contributed by atoms with Crippen LogP contribution in [0.3, 0.4) is 0 Å². The summed E-state index contributed by atoms with van der Waals surface area (Å²) < 4.78 is 0. The molecule has 0 saturated heterocycles. The first-order valence-electron chi connectivity index (χ1n) is 8.92. The van der Waals surface area contributed by atoms with Gasteiger partial charge in [0.05, 0.1) is 6.10 Å². The lowest BCUT2D eigenvalue weighted by Gasteiger charge is -2.55. The standard InChI is InChI=1S/C19H28O2/c1-11-9-12-10-13(20)3-4-14(12)15-7-8-19(2)16(18(11)15)5-6-17(19)21/h10-11,14-18,21H,3-9H2,1-2H3/t11?,14?,15-,16+,17+,18-,19+/m1/s1. The van der Waals surface area contributed by atoms with Gasteiger partial charge in [-0.2, -0.15) is 0 Å². The first kappa shape index (κ1) is 14.0. The lowest BCUT2D eigenvalue weighted by Crippen LogP contribution is -2.50. The molecule has 116 valence electrons. The molecule has 1 N–H and O–H groups in total. The van der Waals surface area contributed by atoms with Gasteiger partial charge in [0.25, 0.3) is 0 Å². The number of allylic oxidation sites excluding steroid dienone is 1. The Morgan fingerprint density at radius 3 is 2.86 bits per heavy atom. The molecule has 0 aromatic heterocycles. The Morgan fingerprint density at radius 2 is 2.05 bits per heavy atom. The van der Waals surface area contributed by atoms with Gasteiger partial charge in [-0.15, -0.1) is 0 Å². The normalized spacial score (nSPS) is 52.7. The predicted octanol–water partition coefficient (Wildman–Crippen LogP) is 3.74. The Morgan fingerprint density at radius 1 is 1.24 bits per heavy atom. The van der Waals surface area contributed by atoms with Gasteiger partial charge in [-0.05, 0) is 79.6 Å². The summed E-state index contributed by atoms with van der Waals surface area (Å²) in [5.41, 5.74) is 1.63. The summed E-state index contributed by atoms with van der Waals surface area (Å²) in [5, 5.41) is 10.5. The van der Waals surface area contributed by atoms with E-state index < -0.39 is 0 Å². The molecule has 7 atom stereocenters. The summed E-state index contributed by atoms with van der Waals surface area (Å²) in [6.45, 7) is 4.73. The van der Waals surface area contributed by atoms with E-state index in [-0.39, 0.29) is 11.5 Å².